The summed E-state index contributed by atoms with van der Waals surface area (Å²) in [7, 11) is 0. The second kappa shape index (κ2) is 6.52. The molecule has 23 heavy (non-hydrogen) atoms. The highest BCUT2D eigenvalue weighted by molar-refractivity contribution is 5.92. The monoisotopic (exact) mass is 313 g/mol. The average molecular weight is 313 g/mol. The van der Waals surface area contributed by atoms with Crippen molar-refractivity contribution < 1.29 is 9.59 Å². The lowest BCUT2D eigenvalue weighted by Crippen LogP contribution is -2.63. The van der Waals surface area contributed by atoms with Crippen LogP contribution in [0.3, 0.4) is 0 Å². The number of hydrogen-bond acceptors (Lipinski definition) is 3. The van der Waals surface area contributed by atoms with E-state index in [9.17, 15) is 9.59 Å². The molecule has 0 saturated carbocycles. The van der Waals surface area contributed by atoms with Crippen LogP contribution in [0, 0.1) is 0 Å². The first-order valence-corrected chi connectivity index (χ1v) is 8.28. The van der Waals surface area contributed by atoms with Crippen molar-refractivity contribution in [3.05, 3.63) is 42.7 Å². The van der Waals surface area contributed by atoms with E-state index >= 15 is 0 Å². The lowest BCUT2D eigenvalue weighted by molar-refractivity contribution is -0.143. The first-order chi connectivity index (χ1) is 11.2. The molecular formula is C18H23N3O2. The molecule has 2 aliphatic heterocycles. The topological polar surface area (TPSA) is 53.5 Å². The first kappa shape index (κ1) is 15.7. The molecule has 1 spiro atoms. The molecule has 1 aromatic heterocycles. The van der Waals surface area contributed by atoms with Gasteiger partial charge in [-0.3, -0.25) is 14.6 Å². The van der Waals surface area contributed by atoms with E-state index in [-0.39, 0.29) is 17.4 Å². The Labute approximate surface area is 137 Å². The molecule has 2 fully saturated rings. The van der Waals surface area contributed by atoms with Gasteiger partial charge in [0.15, 0.2) is 0 Å². The summed E-state index contributed by atoms with van der Waals surface area (Å²) in [6.45, 7) is 5.67. The quantitative estimate of drug-likeness (QED) is 0.804. The van der Waals surface area contributed by atoms with Crippen molar-refractivity contribution in [1.82, 2.24) is 14.8 Å². The second-order valence-electron chi connectivity index (χ2n) is 6.42. The number of likely N-dealkylation sites (tertiary alicyclic amines) is 2. The molecule has 0 radical (unpaired) electrons. The Morgan fingerprint density at radius 3 is 2.91 bits per heavy atom. The minimum atomic E-state index is -0.230. The van der Waals surface area contributed by atoms with E-state index < -0.39 is 0 Å². The number of carbonyl (C=O) groups excluding carboxylic acids is 2. The molecule has 3 rings (SSSR count). The van der Waals surface area contributed by atoms with Crippen LogP contribution in [0.25, 0.3) is 0 Å². The Hall–Kier alpha value is -2.17. The van der Waals surface area contributed by atoms with Crippen LogP contribution in [0.15, 0.2) is 37.1 Å². The number of carbonyl (C=O) groups is 2. The fraction of sp³-hybridized carbons (Fsp3) is 0.500. The maximum absolute atomic E-state index is 12.7. The number of amides is 2. The normalized spacial score (nSPS) is 24.8. The summed E-state index contributed by atoms with van der Waals surface area (Å²) in [6, 6.07) is 5.38. The van der Waals surface area contributed by atoms with Gasteiger partial charge in [-0.05, 0) is 37.8 Å². The summed E-state index contributed by atoms with van der Waals surface area (Å²) in [4.78, 5) is 33.1. The molecule has 0 aliphatic carbocycles. The predicted octanol–water partition coefficient (Wildman–Crippen LogP) is 2.25. The Kier molecular flexibility index (Phi) is 4.46. The fourth-order valence-electron chi connectivity index (χ4n) is 3.89. The SMILES string of the molecule is C=CCN1C(=O)CCC[C@@]12CCCN(C(=O)c1ccccn1)C2. The fourth-order valence-corrected chi connectivity index (χ4v) is 3.89. The molecule has 2 aliphatic rings. The Bertz CT molecular complexity index is 598. The van der Waals surface area contributed by atoms with Gasteiger partial charge in [0.05, 0.1) is 5.54 Å². The molecule has 1 aromatic rings. The van der Waals surface area contributed by atoms with Crippen LogP contribution in [-0.2, 0) is 4.79 Å². The summed E-state index contributed by atoms with van der Waals surface area (Å²) in [6.07, 6.45) is 7.75. The first-order valence-electron chi connectivity index (χ1n) is 8.28. The van der Waals surface area contributed by atoms with Crippen molar-refractivity contribution in [3.8, 4) is 0 Å². The van der Waals surface area contributed by atoms with Crippen LogP contribution >= 0.6 is 0 Å². The maximum atomic E-state index is 12.7. The third-order valence-electron chi connectivity index (χ3n) is 4.94. The van der Waals surface area contributed by atoms with Gasteiger partial charge in [-0.1, -0.05) is 12.1 Å². The molecule has 0 unspecified atom stereocenters. The molecule has 3 heterocycles. The summed E-state index contributed by atoms with van der Waals surface area (Å²) in [5.74, 6) is 0.143. The van der Waals surface area contributed by atoms with Crippen LogP contribution in [0.1, 0.15) is 42.6 Å². The number of aromatic nitrogens is 1. The van der Waals surface area contributed by atoms with Crippen molar-refractivity contribution in [2.24, 2.45) is 0 Å². The molecule has 0 bridgehead atoms. The van der Waals surface area contributed by atoms with E-state index in [0.717, 1.165) is 32.2 Å². The largest absolute Gasteiger partial charge is 0.335 e. The number of hydrogen-bond donors (Lipinski definition) is 0. The predicted molar refractivity (Wildman–Crippen MR) is 87.9 cm³/mol. The van der Waals surface area contributed by atoms with E-state index in [1.165, 1.54) is 0 Å². The lowest BCUT2D eigenvalue weighted by Gasteiger charge is -2.51. The molecule has 5 nitrogen and oxygen atoms in total. The second-order valence-corrected chi connectivity index (χ2v) is 6.42. The van der Waals surface area contributed by atoms with Gasteiger partial charge < -0.3 is 9.80 Å². The zero-order valence-corrected chi connectivity index (χ0v) is 13.4. The molecular weight excluding hydrogens is 290 g/mol. The molecule has 1 atom stereocenters. The zero-order valence-electron chi connectivity index (χ0n) is 13.4. The lowest BCUT2D eigenvalue weighted by atomic mass is 9.79. The van der Waals surface area contributed by atoms with E-state index in [4.69, 9.17) is 0 Å². The Balaban J connectivity index is 1.82. The van der Waals surface area contributed by atoms with E-state index in [1.54, 1.807) is 24.4 Å². The van der Waals surface area contributed by atoms with Crippen LogP contribution in [0.5, 0.6) is 0 Å². The smallest absolute Gasteiger partial charge is 0.272 e. The van der Waals surface area contributed by atoms with E-state index in [2.05, 4.69) is 11.6 Å². The van der Waals surface area contributed by atoms with Crippen LogP contribution in [0.2, 0.25) is 0 Å². The van der Waals surface area contributed by atoms with Crippen LogP contribution < -0.4 is 0 Å². The number of piperidine rings is 2. The van der Waals surface area contributed by atoms with Gasteiger partial charge in [0, 0.05) is 32.3 Å². The Morgan fingerprint density at radius 2 is 2.17 bits per heavy atom. The number of rotatable bonds is 3. The van der Waals surface area contributed by atoms with Gasteiger partial charge in [-0.15, -0.1) is 6.58 Å². The van der Waals surface area contributed by atoms with E-state index in [0.29, 0.717) is 25.2 Å². The van der Waals surface area contributed by atoms with Gasteiger partial charge in [-0.25, -0.2) is 0 Å². The van der Waals surface area contributed by atoms with Crippen LogP contribution in [-0.4, -0.2) is 51.8 Å². The minimum absolute atomic E-state index is 0.0405. The molecule has 0 aromatic carbocycles. The molecule has 5 heteroatoms. The van der Waals surface area contributed by atoms with Gasteiger partial charge >= 0.3 is 0 Å². The van der Waals surface area contributed by atoms with Crippen molar-refractivity contribution in [1.29, 1.82) is 0 Å². The highest BCUT2D eigenvalue weighted by Crippen LogP contribution is 2.37. The number of pyridine rings is 1. The third-order valence-corrected chi connectivity index (χ3v) is 4.94. The zero-order chi connectivity index (χ0) is 16.3. The van der Waals surface area contributed by atoms with Crippen LogP contribution in [0.4, 0.5) is 0 Å². The van der Waals surface area contributed by atoms with Gasteiger partial charge in [0.1, 0.15) is 5.69 Å². The third kappa shape index (κ3) is 3.00. The van der Waals surface area contributed by atoms with Crippen molar-refractivity contribution in [2.45, 2.75) is 37.6 Å². The highest BCUT2D eigenvalue weighted by atomic mass is 16.2. The van der Waals surface area contributed by atoms with Gasteiger partial charge in [0.2, 0.25) is 5.91 Å². The summed E-state index contributed by atoms with van der Waals surface area (Å²) >= 11 is 0. The number of nitrogens with zero attached hydrogens (tertiary/aromatic N) is 3. The van der Waals surface area contributed by atoms with Crippen molar-refractivity contribution in [3.63, 3.8) is 0 Å². The molecule has 0 N–H and O–H groups in total. The standard InChI is InChI=1S/C18H23N3O2/c1-2-12-21-16(22)8-5-9-18(21)10-6-13-20(14-18)17(23)15-7-3-4-11-19-15/h2-4,7,11H,1,5-6,8-10,12-14H2/t18-/m0/s1. The molecule has 2 amide bonds. The summed E-state index contributed by atoms with van der Waals surface area (Å²) < 4.78 is 0. The average Bonchev–Trinajstić information content (AvgIpc) is 2.59. The molecule has 122 valence electrons. The Morgan fingerprint density at radius 1 is 1.35 bits per heavy atom. The van der Waals surface area contributed by atoms with Gasteiger partial charge in [-0.2, -0.15) is 0 Å². The summed E-state index contributed by atoms with van der Waals surface area (Å²) in [5.41, 5.74) is 0.244. The minimum Gasteiger partial charge on any atom is -0.335 e. The van der Waals surface area contributed by atoms with E-state index in [1.807, 2.05) is 15.9 Å². The highest BCUT2D eigenvalue weighted by Gasteiger charge is 2.45. The van der Waals surface area contributed by atoms with Crippen molar-refractivity contribution >= 4 is 11.8 Å². The maximum Gasteiger partial charge on any atom is 0.272 e. The molecule has 2 saturated heterocycles. The van der Waals surface area contributed by atoms with Gasteiger partial charge in [0.25, 0.3) is 5.91 Å². The summed E-state index contributed by atoms with van der Waals surface area (Å²) in [5, 5.41) is 0. The van der Waals surface area contributed by atoms with Crippen molar-refractivity contribution in [2.75, 3.05) is 19.6 Å².